The van der Waals surface area contributed by atoms with Gasteiger partial charge in [-0.3, -0.25) is 4.79 Å². The molecule has 0 aliphatic heterocycles. The van der Waals surface area contributed by atoms with Crippen LogP contribution in [0.4, 0.5) is 10.1 Å². The van der Waals surface area contributed by atoms with Gasteiger partial charge in [-0.2, -0.15) is 0 Å². The Labute approximate surface area is 128 Å². The minimum absolute atomic E-state index is 0.0798. The minimum Gasteiger partial charge on any atom is -0.454 e. The molecule has 0 radical (unpaired) electrons. The minimum atomic E-state index is -0.569. The molecule has 0 saturated carbocycles. The van der Waals surface area contributed by atoms with Gasteiger partial charge in [-0.05, 0) is 36.4 Å². The molecule has 0 fully saturated rings. The van der Waals surface area contributed by atoms with Gasteiger partial charge in [-0.1, -0.05) is 15.9 Å². The predicted octanol–water partition coefficient (Wildman–Crippen LogP) is 4.56. The predicted molar refractivity (Wildman–Crippen MR) is 80.0 cm³/mol. The number of anilines is 1. The Morgan fingerprint density at radius 3 is 2.55 bits per heavy atom. The Morgan fingerprint density at radius 1 is 1.25 bits per heavy atom. The van der Waals surface area contributed by atoms with Crippen molar-refractivity contribution >= 4 is 39.1 Å². The first-order chi connectivity index (χ1) is 9.58. The van der Waals surface area contributed by atoms with Crippen LogP contribution in [-0.4, -0.2) is 11.8 Å². The largest absolute Gasteiger partial charge is 0.454 e. The number of ether oxygens (including phenoxy) is 1. The second-order valence-corrected chi connectivity index (χ2v) is 5.07. The van der Waals surface area contributed by atoms with Crippen molar-refractivity contribution in [3.05, 3.63) is 52.8 Å². The summed E-state index contributed by atoms with van der Waals surface area (Å²) in [6, 6.07) is 11.2. The molecule has 0 heterocycles. The molecule has 0 bridgehead atoms. The summed E-state index contributed by atoms with van der Waals surface area (Å²) >= 11 is 8.66. The summed E-state index contributed by atoms with van der Waals surface area (Å²) < 4.78 is 20.2. The first kappa shape index (κ1) is 14.8. The second kappa shape index (κ2) is 6.72. The van der Waals surface area contributed by atoms with Gasteiger partial charge in [-0.25, -0.2) is 4.39 Å². The van der Waals surface area contributed by atoms with Crippen molar-refractivity contribution in [2.24, 2.45) is 0 Å². The van der Waals surface area contributed by atoms with Gasteiger partial charge in [0, 0.05) is 16.2 Å². The third-order valence-corrected chi connectivity index (χ3v) is 3.15. The van der Waals surface area contributed by atoms with Crippen LogP contribution in [0.25, 0.3) is 0 Å². The Hall–Kier alpha value is -1.59. The van der Waals surface area contributed by atoms with Crippen LogP contribution >= 0.6 is 27.5 Å². The Morgan fingerprint density at radius 2 is 1.95 bits per heavy atom. The number of hydrogen-bond acceptors (Lipinski definition) is 2. The average molecular weight is 359 g/mol. The zero-order valence-corrected chi connectivity index (χ0v) is 12.5. The van der Waals surface area contributed by atoms with Crippen LogP contribution in [0, 0.1) is 5.82 Å². The number of carbonyl (C=O) groups excluding carboxylic acids is 1. The van der Waals surface area contributed by atoms with E-state index in [9.17, 15) is 9.18 Å². The Kier molecular flexibility index (Phi) is 4.98. The van der Waals surface area contributed by atoms with E-state index < -0.39 is 11.7 Å². The van der Waals surface area contributed by atoms with Crippen LogP contribution in [0.3, 0.4) is 0 Å². The molecule has 6 heteroatoms. The fourth-order valence-corrected chi connectivity index (χ4v) is 1.82. The van der Waals surface area contributed by atoms with Crippen LogP contribution in [0.5, 0.6) is 11.5 Å². The quantitative estimate of drug-likeness (QED) is 0.814. The molecule has 104 valence electrons. The van der Waals surface area contributed by atoms with E-state index in [0.717, 1.165) is 4.47 Å². The van der Waals surface area contributed by atoms with E-state index in [1.165, 1.54) is 12.1 Å². The Bertz CT molecular complexity index is 619. The number of amides is 1. The van der Waals surface area contributed by atoms with Crippen LogP contribution in [0.15, 0.2) is 46.9 Å². The van der Waals surface area contributed by atoms with E-state index >= 15 is 0 Å². The molecule has 2 aromatic carbocycles. The molecule has 2 aromatic rings. The zero-order chi connectivity index (χ0) is 14.5. The van der Waals surface area contributed by atoms with Gasteiger partial charge in [0.2, 0.25) is 5.91 Å². The highest BCUT2D eigenvalue weighted by Crippen LogP contribution is 2.27. The van der Waals surface area contributed by atoms with Crippen molar-refractivity contribution in [3.8, 4) is 11.5 Å². The van der Waals surface area contributed by atoms with Gasteiger partial charge in [0.1, 0.15) is 11.6 Å². The molecule has 1 N–H and O–H groups in total. The van der Waals surface area contributed by atoms with Crippen LogP contribution in [0.1, 0.15) is 0 Å². The zero-order valence-electron chi connectivity index (χ0n) is 10.2. The van der Waals surface area contributed by atoms with Gasteiger partial charge in [-0.15, -0.1) is 11.6 Å². The molecule has 20 heavy (non-hydrogen) atoms. The first-order valence-corrected chi connectivity index (χ1v) is 7.00. The SMILES string of the molecule is O=C(CCl)Nc1ccc(Oc2ccc(Br)cc2)c(F)c1. The van der Waals surface area contributed by atoms with Crippen LogP contribution < -0.4 is 10.1 Å². The third kappa shape index (κ3) is 3.95. The average Bonchev–Trinajstić information content (AvgIpc) is 2.44. The number of rotatable bonds is 4. The monoisotopic (exact) mass is 357 g/mol. The smallest absolute Gasteiger partial charge is 0.239 e. The van der Waals surface area contributed by atoms with E-state index in [1.54, 1.807) is 30.3 Å². The van der Waals surface area contributed by atoms with Crippen molar-refractivity contribution in [3.63, 3.8) is 0 Å². The number of hydrogen-bond donors (Lipinski definition) is 1. The fraction of sp³-hybridized carbons (Fsp3) is 0.0714. The van der Waals surface area contributed by atoms with Gasteiger partial charge >= 0.3 is 0 Å². The number of carbonyl (C=O) groups is 1. The molecule has 0 unspecified atom stereocenters. The lowest BCUT2D eigenvalue weighted by Crippen LogP contribution is -2.12. The molecular formula is C14H10BrClFNO2. The summed E-state index contributed by atoms with van der Waals surface area (Å²) in [5.41, 5.74) is 0.330. The van der Waals surface area contributed by atoms with Crippen LogP contribution in [-0.2, 0) is 4.79 Å². The van der Waals surface area contributed by atoms with E-state index in [4.69, 9.17) is 16.3 Å². The molecule has 3 nitrogen and oxygen atoms in total. The lowest BCUT2D eigenvalue weighted by atomic mass is 10.3. The molecule has 0 spiro atoms. The topological polar surface area (TPSA) is 38.3 Å². The number of nitrogens with one attached hydrogen (secondary N) is 1. The Balaban J connectivity index is 2.13. The third-order valence-electron chi connectivity index (χ3n) is 2.38. The maximum Gasteiger partial charge on any atom is 0.239 e. The summed E-state index contributed by atoms with van der Waals surface area (Å²) in [6.45, 7) is 0. The molecule has 0 aliphatic carbocycles. The highest BCUT2D eigenvalue weighted by molar-refractivity contribution is 9.10. The number of alkyl halides is 1. The highest BCUT2D eigenvalue weighted by atomic mass is 79.9. The lowest BCUT2D eigenvalue weighted by Gasteiger charge is -2.09. The van der Waals surface area contributed by atoms with Gasteiger partial charge in [0.05, 0.1) is 0 Å². The van der Waals surface area contributed by atoms with Gasteiger partial charge < -0.3 is 10.1 Å². The van der Waals surface area contributed by atoms with Crippen molar-refractivity contribution in [1.82, 2.24) is 0 Å². The highest BCUT2D eigenvalue weighted by Gasteiger charge is 2.08. The summed E-state index contributed by atoms with van der Waals surface area (Å²) in [4.78, 5) is 11.1. The van der Waals surface area contributed by atoms with E-state index in [0.29, 0.717) is 11.4 Å². The number of halogens is 3. The summed E-state index contributed by atoms with van der Waals surface area (Å²) in [7, 11) is 0. The molecule has 1 amide bonds. The van der Waals surface area contributed by atoms with Gasteiger partial charge in [0.15, 0.2) is 11.6 Å². The van der Waals surface area contributed by atoms with E-state index in [2.05, 4.69) is 21.2 Å². The van der Waals surface area contributed by atoms with E-state index in [-0.39, 0.29) is 11.6 Å². The standard InChI is InChI=1S/C14H10BrClFNO2/c15-9-1-4-11(5-2-9)20-13-6-3-10(7-12(13)17)18-14(19)8-16/h1-7H,8H2,(H,18,19). The van der Waals surface area contributed by atoms with E-state index in [1.807, 2.05) is 0 Å². The second-order valence-electron chi connectivity index (χ2n) is 3.88. The molecular weight excluding hydrogens is 349 g/mol. The molecule has 0 aromatic heterocycles. The fourth-order valence-electron chi connectivity index (χ4n) is 1.49. The summed E-state index contributed by atoms with van der Waals surface area (Å²) in [5.74, 6) is -0.549. The first-order valence-electron chi connectivity index (χ1n) is 5.67. The lowest BCUT2D eigenvalue weighted by molar-refractivity contribution is -0.113. The maximum absolute atomic E-state index is 13.9. The molecule has 2 rings (SSSR count). The van der Waals surface area contributed by atoms with Crippen molar-refractivity contribution in [2.45, 2.75) is 0 Å². The summed E-state index contributed by atoms with van der Waals surface area (Å²) in [6.07, 6.45) is 0. The molecule has 0 aliphatic rings. The van der Waals surface area contributed by atoms with Crippen molar-refractivity contribution < 1.29 is 13.9 Å². The normalized spacial score (nSPS) is 10.2. The molecule has 0 atom stereocenters. The van der Waals surface area contributed by atoms with Crippen LogP contribution in [0.2, 0.25) is 0 Å². The summed E-state index contributed by atoms with van der Waals surface area (Å²) in [5, 5.41) is 2.46. The van der Waals surface area contributed by atoms with Crippen molar-refractivity contribution in [1.29, 1.82) is 0 Å². The van der Waals surface area contributed by atoms with Crippen molar-refractivity contribution in [2.75, 3.05) is 11.2 Å². The maximum atomic E-state index is 13.9. The molecule has 0 saturated heterocycles. The van der Waals surface area contributed by atoms with Gasteiger partial charge in [0.25, 0.3) is 0 Å². The number of benzene rings is 2.